The van der Waals surface area contributed by atoms with Crippen LogP contribution in [0, 0.1) is 0 Å². The molecule has 0 aliphatic heterocycles. The molecule has 140 valence electrons. The molecule has 0 spiro atoms. The van der Waals surface area contributed by atoms with Crippen molar-refractivity contribution in [2.45, 2.75) is 24.9 Å². The number of hydrogen-bond donors (Lipinski definition) is 2. The van der Waals surface area contributed by atoms with Crippen molar-refractivity contribution in [3.8, 4) is 5.69 Å². The summed E-state index contributed by atoms with van der Waals surface area (Å²) in [5.41, 5.74) is 6.61. The predicted molar refractivity (Wildman–Crippen MR) is 98.3 cm³/mol. The van der Waals surface area contributed by atoms with Crippen LogP contribution in [0.15, 0.2) is 52.2 Å². The van der Waals surface area contributed by atoms with Crippen LogP contribution < -0.4 is 10.9 Å². The summed E-state index contributed by atoms with van der Waals surface area (Å²) in [6, 6.07) is 11.0. The number of rotatable bonds is 6. The second-order valence-corrected chi connectivity index (χ2v) is 6.83. The number of carbonyl (C=O) groups is 2. The molecule has 10 heteroatoms. The number of hydrogen-bond acceptors (Lipinski definition) is 7. The molecule has 2 heterocycles. The average molecular weight is 386 g/mol. The van der Waals surface area contributed by atoms with Gasteiger partial charge in [0.25, 0.3) is 0 Å². The van der Waals surface area contributed by atoms with Gasteiger partial charge in [-0.05, 0) is 46.2 Å². The lowest BCUT2D eigenvalue weighted by atomic mass is 10.0. The van der Waals surface area contributed by atoms with Crippen molar-refractivity contribution in [3.63, 3.8) is 0 Å². The number of nitrogens with one attached hydrogen (secondary N) is 2. The van der Waals surface area contributed by atoms with Gasteiger partial charge in [-0.25, -0.2) is 0 Å². The number of carbonyl (C=O) groups excluding carboxylic acids is 2. The van der Waals surface area contributed by atoms with E-state index in [0.717, 1.165) is 17.4 Å². The minimum Gasteiger partial charge on any atom is -0.459 e. The highest BCUT2D eigenvalue weighted by molar-refractivity contribution is 7.99. The van der Waals surface area contributed by atoms with Gasteiger partial charge in [0, 0.05) is 0 Å². The highest BCUT2D eigenvalue weighted by Crippen LogP contribution is 2.20. The van der Waals surface area contributed by atoms with Gasteiger partial charge in [-0.15, -0.1) is 5.10 Å². The summed E-state index contributed by atoms with van der Waals surface area (Å²) in [6.07, 6.45) is 1.38. The molecule has 0 fully saturated rings. The fraction of sp³-hybridized carbons (Fsp3) is 0.235. The largest absolute Gasteiger partial charge is 0.459 e. The number of thioether (sulfide) groups is 1. The summed E-state index contributed by atoms with van der Waals surface area (Å²) in [5, 5.41) is 12.1. The van der Waals surface area contributed by atoms with E-state index in [1.807, 2.05) is 24.3 Å². The monoisotopic (exact) mass is 386 g/mol. The Hall–Kier alpha value is -3.14. The standard InChI is InChI=1S/C17H18N6O3S/c1-11(2)12-5-7-13(8-6-12)23-17(20-21-22-23)27-10-15(24)18-19-16(25)14-4-3-9-26-14/h3-9,11H,10H2,1-2H3,(H,18,24)(H,19,25). The lowest BCUT2D eigenvalue weighted by Crippen LogP contribution is -2.42. The van der Waals surface area contributed by atoms with Crippen LogP contribution in [-0.4, -0.2) is 37.8 Å². The zero-order valence-electron chi connectivity index (χ0n) is 14.7. The molecule has 0 bridgehead atoms. The fourth-order valence-electron chi connectivity index (χ4n) is 2.19. The number of amides is 2. The van der Waals surface area contributed by atoms with Crippen LogP contribution in [0.4, 0.5) is 0 Å². The van der Waals surface area contributed by atoms with Gasteiger partial charge < -0.3 is 4.42 Å². The van der Waals surface area contributed by atoms with E-state index < -0.39 is 11.8 Å². The fourth-order valence-corrected chi connectivity index (χ4v) is 2.88. The molecule has 0 radical (unpaired) electrons. The summed E-state index contributed by atoms with van der Waals surface area (Å²) < 4.78 is 6.49. The second kappa shape index (κ2) is 8.49. The molecular weight excluding hydrogens is 368 g/mol. The Labute approximate surface area is 159 Å². The van der Waals surface area contributed by atoms with Gasteiger partial charge in [-0.2, -0.15) is 4.68 Å². The van der Waals surface area contributed by atoms with Gasteiger partial charge >= 0.3 is 5.91 Å². The van der Waals surface area contributed by atoms with Crippen LogP contribution in [0.5, 0.6) is 0 Å². The molecule has 0 saturated carbocycles. The number of hydrazine groups is 1. The van der Waals surface area contributed by atoms with Crippen LogP contribution in [0.3, 0.4) is 0 Å². The normalized spacial score (nSPS) is 10.8. The summed E-state index contributed by atoms with van der Waals surface area (Å²) in [7, 11) is 0. The van der Waals surface area contributed by atoms with Crippen molar-refractivity contribution in [1.82, 2.24) is 31.1 Å². The molecule has 0 unspecified atom stereocenters. The van der Waals surface area contributed by atoms with Gasteiger partial charge in [0.15, 0.2) is 5.76 Å². The maximum Gasteiger partial charge on any atom is 0.305 e. The second-order valence-electron chi connectivity index (χ2n) is 5.89. The molecular formula is C17H18N6O3S. The molecule has 2 N–H and O–H groups in total. The molecule has 0 aliphatic carbocycles. The van der Waals surface area contributed by atoms with Crippen LogP contribution in [-0.2, 0) is 4.79 Å². The Morgan fingerprint density at radius 1 is 1.19 bits per heavy atom. The van der Waals surface area contributed by atoms with Crippen molar-refractivity contribution < 1.29 is 14.0 Å². The zero-order valence-corrected chi connectivity index (χ0v) is 15.6. The topological polar surface area (TPSA) is 115 Å². The smallest absolute Gasteiger partial charge is 0.305 e. The first-order chi connectivity index (χ1) is 13.0. The Morgan fingerprint density at radius 3 is 2.63 bits per heavy atom. The van der Waals surface area contributed by atoms with Gasteiger partial charge in [0.05, 0.1) is 17.7 Å². The Balaban J connectivity index is 1.55. The lowest BCUT2D eigenvalue weighted by molar-refractivity contribution is -0.119. The molecule has 0 saturated heterocycles. The highest BCUT2D eigenvalue weighted by Gasteiger charge is 2.13. The van der Waals surface area contributed by atoms with E-state index in [1.54, 1.807) is 10.7 Å². The van der Waals surface area contributed by atoms with Gasteiger partial charge in [-0.1, -0.05) is 37.7 Å². The third kappa shape index (κ3) is 4.73. The van der Waals surface area contributed by atoms with Crippen molar-refractivity contribution in [3.05, 3.63) is 54.0 Å². The van der Waals surface area contributed by atoms with E-state index in [4.69, 9.17) is 4.42 Å². The Bertz CT molecular complexity index is 905. The predicted octanol–water partition coefficient (Wildman–Crippen LogP) is 1.93. The summed E-state index contributed by atoms with van der Waals surface area (Å²) in [6.45, 7) is 4.24. The zero-order chi connectivity index (χ0) is 19.2. The molecule has 27 heavy (non-hydrogen) atoms. The first kappa shape index (κ1) is 18.6. The summed E-state index contributed by atoms with van der Waals surface area (Å²) in [5.74, 6) is -0.361. The van der Waals surface area contributed by atoms with E-state index >= 15 is 0 Å². The Kier molecular flexibility index (Phi) is 5.87. The SMILES string of the molecule is CC(C)c1ccc(-n2nnnc2SCC(=O)NNC(=O)c2ccco2)cc1. The minimum absolute atomic E-state index is 0.0306. The number of furan rings is 1. The van der Waals surface area contributed by atoms with E-state index in [9.17, 15) is 9.59 Å². The number of nitrogens with zero attached hydrogens (tertiary/aromatic N) is 4. The van der Waals surface area contributed by atoms with Crippen LogP contribution >= 0.6 is 11.8 Å². The maximum absolute atomic E-state index is 11.9. The third-order valence-corrected chi connectivity index (χ3v) is 4.56. The van der Waals surface area contributed by atoms with Crippen molar-refractivity contribution in [1.29, 1.82) is 0 Å². The number of tetrazole rings is 1. The lowest BCUT2D eigenvalue weighted by Gasteiger charge is -2.08. The maximum atomic E-state index is 11.9. The molecule has 2 amide bonds. The molecule has 0 atom stereocenters. The first-order valence-corrected chi connectivity index (χ1v) is 9.17. The molecule has 0 aliphatic rings. The molecule has 9 nitrogen and oxygen atoms in total. The first-order valence-electron chi connectivity index (χ1n) is 8.19. The molecule has 1 aromatic carbocycles. The third-order valence-electron chi connectivity index (χ3n) is 3.64. The molecule has 3 aromatic rings. The van der Waals surface area contributed by atoms with Crippen molar-refractivity contribution in [2.24, 2.45) is 0 Å². The molecule has 2 aromatic heterocycles. The van der Waals surface area contributed by atoms with Gasteiger partial charge in [0.1, 0.15) is 0 Å². The Morgan fingerprint density at radius 2 is 1.96 bits per heavy atom. The van der Waals surface area contributed by atoms with Crippen LogP contribution in [0.1, 0.15) is 35.9 Å². The van der Waals surface area contributed by atoms with Gasteiger partial charge in [0.2, 0.25) is 11.1 Å². The van der Waals surface area contributed by atoms with E-state index in [-0.39, 0.29) is 11.5 Å². The number of aromatic nitrogens is 4. The summed E-state index contributed by atoms with van der Waals surface area (Å²) >= 11 is 1.16. The molecule has 3 rings (SSSR count). The average Bonchev–Trinajstić information content (AvgIpc) is 3.36. The minimum atomic E-state index is -0.534. The van der Waals surface area contributed by atoms with E-state index in [2.05, 4.69) is 40.2 Å². The highest BCUT2D eigenvalue weighted by atomic mass is 32.2. The van der Waals surface area contributed by atoms with Crippen molar-refractivity contribution >= 4 is 23.6 Å². The quantitative estimate of drug-likeness (QED) is 0.491. The summed E-state index contributed by atoms with van der Waals surface area (Å²) in [4.78, 5) is 23.6. The van der Waals surface area contributed by atoms with Crippen LogP contribution in [0.2, 0.25) is 0 Å². The van der Waals surface area contributed by atoms with E-state index in [1.165, 1.54) is 17.9 Å². The van der Waals surface area contributed by atoms with Crippen molar-refractivity contribution in [2.75, 3.05) is 5.75 Å². The van der Waals surface area contributed by atoms with E-state index in [0.29, 0.717) is 11.1 Å². The number of benzene rings is 1. The van der Waals surface area contributed by atoms with Gasteiger partial charge in [-0.3, -0.25) is 20.4 Å². The van der Waals surface area contributed by atoms with Crippen LogP contribution in [0.25, 0.3) is 5.69 Å².